The molecule has 8 nitrogen and oxygen atoms in total. The first-order valence-corrected chi connectivity index (χ1v) is 9.08. The Labute approximate surface area is 166 Å². The van der Waals surface area contributed by atoms with Crippen LogP contribution in [-0.2, 0) is 4.79 Å². The van der Waals surface area contributed by atoms with Crippen LogP contribution in [0.2, 0.25) is 5.02 Å². The first-order chi connectivity index (χ1) is 13.6. The molecule has 1 saturated heterocycles. The molecule has 142 valence electrons. The van der Waals surface area contributed by atoms with E-state index in [1.807, 2.05) is 6.07 Å². The van der Waals surface area contributed by atoms with Gasteiger partial charge >= 0.3 is 0 Å². The Hall–Kier alpha value is -3.26. The third-order valence-corrected chi connectivity index (χ3v) is 4.57. The highest BCUT2D eigenvalue weighted by Crippen LogP contribution is 2.25. The van der Waals surface area contributed by atoms with Crippen molar-refractivity contribution in [2.75, 3.05) is 18.4 Å². The number of likely N-dealkylation sites (tertiary alicyclic amines) is 1. The van der Waals surface area contributed by atoms with E-state index in [0.29, 0.717) is 46.7 Å². The van der Waals surface area contributed by atoms with E-state index in [1.54, 1.807) is 29.3 Å². The molecule has 0 radical (unpaired) electrons. The predicted octanol–water partition coefficient (Wildman–Crippen LogP) is 2.98. The minimum atomic E-state index is -0.118. The minimum absolute atomic E-state index is 0.0899. The molecule has 1 aliphatic heterocycles. The molecule has 1 atom stereocenters. The number of aromatic nitrogens is 4. The number of hydrogen-bond donors (Lipinski definition) is 1. The van der Waals surface area contributed by atoms with E-state index >= 15 is 0 Å². The van der Waals surface area contributed by atoms with Gasteiger partial charge in [-0.1, -0.05) is 18.2 Å². The molecule has 9 heteroatoms. The van der Waals surface area contributed by atoms with E-state index in [0.717, 1.165) is 6.42 Å². The van der Waals surface area contributed by atoms with Crippen LogP contribution in [0.4, 0.5) is 11.6 Å². The van der Waals surface area contributed by atoms with Crippen molar-refractivity contribution in [2.45, 2.75) is 12.5 Å². The van der Waals surface area contributed by atoms with Gasteiger partial charge in [0.1, 0.15) is 23.8 Å². The first kappa shape index (κ1) is 18.1. The fourth-order valence-electron chi connectivity index (χ4n) is 2.97. The van der Waals surface area contributed by atoms with Crippen molar-refractivity contribution in [1.82, 2.24) is 24.8 Å². The zero-order valence-corrected chi connectivity index (χ0v) is 15.6. The lowest BCUT2D eigenvalue weighted by Gasteiger charge is -2.15. The van der Waals surface area contributed by atoms with Crippen molar-refractivity contribution < 1.29 is 9.53 Å². The van der Waals surface area contributed by atoms with Crippen molar-refractivity contribution in [1.29, 1.82) is 0 Å². The lowest BCUT2D eigenvalue weighted by Crippen LogP contribution is -2.29. The maximum absolute atomic E-state index is 11.7. The number of nitrogens with one attached hydrogen (secondary N) is 1. The highest BCUT2D eigenvalue weighted by atomic mass is 35.5. The molecule has 0 saturated carbocycles. The molecule has 0 bridgehead atoms. The molecule has 28 heavy (non-hydrogen) atoms. The topological polar surface area (TPSA) is 93.1 Å². The van der Waals surface area contributed by atoms with Gasteiger partial charge in [-0.3, -0.25) is 4.79 Å². The molecule has 0 unspecified atom stereocenters. The fraction of sp³-hybridized carbons (Fsp3) is 0.211. The van der Waals surface area contributed by atoms with Crippen LogP contribution in [0.25, 0.3) is 11.0 Å². The van der Waals surface area contributed by atoms with E-state index in [1.165, 1.54) is 12.4 Å². The quantitative estimate of drug-likeness (QED) is 0.662. The van der Waals surface area contributed by atoms with E-state index in [4.69, 9.17) is 16.3 Å². The molecular formula is C19H17ClN6O2. The maximum atomic E-state index is 11.7. The second-order valence-corrected chi connectivity index (χ2v) is 6.68. The standard InChI is InChI=1S/C19H17ClN6O2/c1-2-17(27)26-8-7-13(10-26)28-16-6-4-14-18(25-16)19(23-11-22-14)24-15-5-3-12(20)9-21-15/h2-6,9,11,13H,1,7-8,10H2,(H,21,22,23,24)/t13-/m0/s1. The van der Waals surface area contributed by atoms with Crippen LogP contribution in [0, 0.1) is 0 Å². The number of halogens is 1. The van der Waals surface area contributed by atoms with Crippen LogP contribution in [0.5, 0.6) is 5.88 Å². The third-order valence-electron chi connectivity index (χ3n) is 4.35. The van der Waals surface area contributed by atoms with Gasteiger partial charge in [-0.15, -0.1) is 0 Å². The van der Waals surface area contributed by atoms with Crippen molar-refractivity contribution in [3.63, 3.8) is 0 Å². The van der Waals surface area contributed by atoms with Crippen molar-refractivity contribution in [3.8, 4) is 5.88 Å². The summed E-state index contributed by atoms with van der Waals surface area (Å²) in [6, 6.07) is 7.07. The summed E-state index contributed by atoms with van der Waals surface area (Å²) in [5, 5.41) is 3.67. The summed E-state index contributed by atoms with van der Waals surface area (Å²) in [4.78, 5) is 30.7. The Bertz CT molecular complexity index is 1030. The van der Waals surface area contributed by atoms with Gasteiger partial charge in [-0.2, -0.15) is 0 Å². The maximum Gasteiger partial charge on any atom is 0.246 e. The highest BCUT2D eigenvalue weighted by molar-refractivity contribution is 6.30. The molecule has 0 aromatic carbocycles. The minimum Gasteiger partial charge on any atom is -0.472 e. The van der Waals surface area contributed by atoms with Crippen LogP contribution >= 0.6 is 11.6 Å². The van der Waals surface area contributed by atoms with Crippen LogP contribution in [0.3, 0.4) is 0 Å². The van der Waals surface area contributed by atoms with Crippen molar-refractivity contribution in [3.05, 3.63) is 54.5 Å². The number of pyridine rings is 2. The Kier molecular flexibility index (Phi) is 5.03. The van der Waals surface area contributed by atoms with Crippen molar-refractivity contribution in [2.24, 2.45) is 0 Å². The Morgan fingerprint density at radius 2 is 2.18 bits per heavy atom. The summed E-state index contributed by atoms with van der Waals surface area (Å²) in [7, 11) is 0. The van der Waals surface area contributed by atoms with E-state index in [2.05, 4.69) is 31.8 Å². The van der Waals surface area contributed by atoms with E-state index in [-0.39, 0.29) is 12.0 Å². The summed E-state index contributed by atoms with van der Waals surface area (Å²) in [5.74, 6) is 1.47. The smallest absolute Gasteiger partial charge is 0.246 e. The highest BCUT2D eigenvalue weighted by Gasteiger charge is 2.26. The third kappa shape index (κ3) is 3.86. The zero-order chi connectivity index (χ0) is 19.5. The number of anilines is 2. The molecule has 3 aromatic rings. The molecule has 4 heterocycles. The summed E-state index contributed by atoms with van der Waals surface area (Å²) >= 11 is 5.88. The fourth-order valence-corrected chi connectivity index (χ4v) is 3.09. The molecule has 1 N–H and O–H groups in total. The number of rotatable bonds is 5. The largest absolute Gasteiger partial charge is 0.472 e. The summed E-state index contributed by atoms with van der Waals surface area (Å²) in [6.07, 6.45) is 4.94. The van der Waals surface area contributed by atoms with Crippen LogP contribution in [0.1, 0.15) is 6.42 Å². The number of fused-ring (bicyclic) bond motifs is 1. The predicted molar refractivity (Wildman–Crippen MR) is 106 cm³/mol. The number of ether oxygens (including phenoxy) is 1. The summed E-state index contributed by atoms with van der Waals surface area (Å²) in [6.45, 7) is 4.67. The van der Waals surface area contributed by atoms with Crippen LogP contribution in [-0.4, -0.2) is 49.9 Å². The van der Waals surface area contributed by atoms with Gasteiger partial charge in [0.2, 0.25) is 11.8 Å². The Balaban J connectivity index is 1.55. The Morgan fingerprint density at radius 3 is 2.96 bits per heavy atom. The molecule has 0 aliphatic carbocycles. The molecule has 1 amide bonds. The molecule has 3 aromatic heterocycles. The summed E-state index contributed by atoms with van der Waals surface area (Å²) < 4.78 is 5.97. The van der Waals surface area contributed by atoms with Crippen LogP contribution < -0.4 is 10.1 Å². The average molecular weight is 397 g/mol. The Morgan fingerprint density at radius 1 is 1.29 bits per heavy atom. The van der Waals surface area contributed by atoms with Gasteiger partial charge in [0.05, 0.1) is 17.1 Å². The number of carbonyl (C=O) groups is 1. The van der Waals surface area contributed by atoms with Gasteiger partial charge in [0.25, 0.3) is 0 Å². The number of amides is 1. The molecular weight excluding hydrogens is 380 g/mol. The van der Waals surface area contributed by atoms with Gasteiger partial charge in [-0.25, -0.2) is 19.9 Å². The number of hydrogen-bond acceptors (Lipinski definition) is 7. The lowest BCUT2D eigenvalue weighted by atomic mass is 10.3. The second kappa shape index (κ2) is 7.77. The molecule has 1 fully saturated rings. The lowest BCUT2D eigenvalue weighted by molar-refractivity contribution is -0.125. The SMILES string of the molecule is C=CC(=O)N1CC[C@H](Oc2ccc3ncnc(Nc4ccc(Cl)cn4)c3n2)C1. The normalized spacial score (nSPS) is 16.2. The van der Waals surface area contributed by atoms with Gasteiger partial charge < -0.3 is 15.0 Å². The average Bonchev–Trinajstić information content (AvgIpc) is 3.18. The van der Waals surface area contributed by atoms with Gasteiger partial charge in [-0.05, 0) is 24.3 Å². The second-order valence-electron chi connectivity index (χ2n) is 6.24. The molecule has 0 spiro atoms. The van der Waals surface area contributed by atoms with Gasteiger partial charge in [0, 0.05) is 25.2 Å². The monoisotopic (exact) mass is 396 g/mol. The van der Waals surface area contributed by atoms with E-state index in [9.17, 15) is 4.79 Å². The number of nitrogens with zero attached hydrogens (tertiary/aromatic N) is 5. The summed E-state index contributed by atoms with van der Waals surface area (Å²) in [5.41, 5.74) is 1.24. The van der Waals surface area contributed by atoms with E-state index < -0.39 is 0 Å². The zero-order valence-electron chi connectivity index (χ0n) is 14.9. The van der Waals surface area contributed by atoms with Crippen molar-refractivity contribution >= 4 is 40.2 Å². The van der Waals surface area contributed by atoms with Gasteiger partial charge in [0.15, 0.2) is 5.82 Å². The number of carbonyl (C=O) groups excluding carboxylic acids is 1. The molecule has 4 rings (SSSR count). The van der Waals surface area contributed by atoms with Crippen LogP contribution in [0.15, 0.2) is 49.4 Å². The molecule has 1 aliphatic rings. The first-order valence-electron chi connectivity index (χ1n) is 8.71.